The molecule has 0 aliphatic rings. The third-order valence-corrected chi connectivity index (χ3v) is 10.2. The minimum Gasteiger partial charge on any atom is -0.456 e. The molecule has 7 nitrogen and oxygen atoms in total. The van der Waals surface area contributed by atoms with E-state index in [2.05, 4.69) is 30.3 Å². The van der Waals surface area contributed by atoms with Gasteiger partial charge < -0.3 is 4.42 Å². The predicted molar refractivity (Wildman–Crippen MR) is 216 cm³/mol. The normalized spacial score (nSPS) is 11.8. The van der Waals surface area contributed by atoms with E-state index >= 15 is 0 Å². The Bertz CT molecular complexity index is 3230. The maximum absolute atomic E-state index is 14.0. The van der Waals surface area contributed by atoms with E-state index in [4.69, 9.17) is 24.4 Å². The van der Waals surface area contributed by atoms with Crippen molar-refractivity contribution in [3.8, 4) is 56.7 Å². The number of benzene rings is 7. The zero-order valence-corrected chi connectivity index (χ0v) is 28.6. The van der Waals surface area contributed by atoms with Crippen LogP contribution in [0.1, 0.15) is 0 Å². The van der Waals surface area contributed by atoms with Gasteiger partial charge >= 0.3 is 0 Å². The third-order valence-electron chi connectivity index (χ3n) is 10.2. The van der Waals surface area contributed by atoms with Crippen molar-refractivity contribution in [1.82, 2.24) is 24.3 Å². The van der Waals surface area contributed by atoms with Gasteiger partial charge in [0.15, 0.2) is 17.5 Å². The van der Waals surface area contributed by atoms with Crippen LogP contribution in [0.2, 0.25) is 0 Å². The van der Waals surface area contributed by atoms with Crippen LogP contribution in [0.3, 0.4) is 0 Å². The number of pyridine rings is 1. The van der Waals surface area contributed by atoms with Crippen molar-refractivity contribution < 1.29 is 4.42 Å². The standard InChI is InChI=1S/C47H27N5O2/c53-47-35-19-11-10-18-34(35)38-26-33(27-39-42(38)52(47)46(48-39)30-16-8-3-9-17-30)31-20-22-40-36(24-31)37-25-32(21-23-41(37)54-40)45-50-43(28-12-4-1-5-13-28)49-44(51-45)29-14-6-2-7-15-29/h1-27H. The maximum atomic E-state index is 14.0. The Labute approximate surface area is 307 Å². The molecule has 54 heavy (non-hydrogen) atoms. The van der Waals surface area contributed by atoms with Gasteiger partial charge in [0.25, 0.3) is 5.56 Å². The van der Waals surface area contributed by atoms with Gasteiger partial charge in [0, 0.05) is 43.8 Å². The molecule has 0 aliphatic heterocycles. The summed E-state index contributed by atoms with van der Waals surface area (Å²) >= 11 is 0. The summed E-state index contributed by atoms with van der Waals surface area (Å²) in [6.45, 7) is 0. The molecule has 0 fully saturated rings. The highest BCUT2D eigenvalue weighted by atomic mass is 16.3. The van der Waals surface area contributed by atoms with E-state index < -0.39 is 0 Å². The first kappa shape index (κ1) is 30.1. The average Bonchev–Trinajstić information content (AvgIpc) is 3.82. The van der Waals surface area contributed by atoms with E-state index in [1.165, 1.54) is 0 Å². The second kappa shape index (κ2) is 11.8. The van der Waals surface area contributed by atoms with Crippen LogP contribution in [0.4, 0.5) is 0 Å². The lowest BCUT2D eigenvalue weighted by molar-refractivity contribution is 0.669. The van der Waals surface area contributed by atoms with Crippen LogP contribution in [-0.4, -0.2) is 24.3 Å². The van der Waals surface area contributed by atoms with Crippen molar-refractivity contribution in [3.05, 3.63) is 174 Å². The molecule has 4 aromatic heterocycles. The van der Waals surface area contributed by atoms with Crippen LogP contribution in [0, 0.1) is 0 Å². The summed E-state index contributed by atoms with van der Waals surface area (Å²) in [5.41, 5.74) is 8.67. The Morgan fingerprint density at radius 1 is 0.389 bits per heavy atom. The van der Waals surface area contributed by atoms with Crippen LogP contribution in [0.25, 0.3) is 106 Å². The number of aromatic nitrogens is 5. The van der Waals surface area contributed by atoms with Gasteiger partial charge in [0.2, 0.25) is 0 Å². The molecule has 0 radical (unpaired) electrons. The van der Waals surface area contributed by atoms with Crippen molar-refractivity contribution in [1.29, 1.82) is 0 Å². The number of furan rings is 1. The zero-order chi connectivity index (χ0) is 35.8. The molecule has 11 aromatic rings. The fraction of sp³-hybridized carbons (Fsp3) is 0. The molecular weight excluding hydrogens is 667 g/mol. The molecule has 0 spiro atoms. The van der Waals surface area contributed by atoms with Gasteiger partial charge in [-0.15, -0.1) is 0 Å². The van der Waals surface area contributed by atoms with Crippen LogP contribution in [-0.2, 0) is 0 Å². The van der Waals surface area contributed by atoms with Gasteiger partial charge in [0.05, 0.1) is 11.0 Å². The van der Waals surface area contributed by atoms with Crippen LogP contribution >= 0.6 is 0 Å². The van der Waals surface area contributed by atoms with E-state index in [0.717, 1.165) is 77.1 Å². The number of hydrogen-bond donors (Lipinski definition) is 0. The first-order valence-corrected chi connectivity index (χ1v) is 17.8. The van der Waals surface area contributed by atoms with Gasteiger partial charge in [-0.2, -0.15) is 0 Å². The van der Waals surface area contributed by atoms with Gasteiger partial charge in [-0.1, -0.05) is 115 Å². The fourth-order valence-electron chi connectivity index (χ4n) is 7.62. The van der Waals surface area contributed by atoms with Gasteiger partial charge in [-0.25, -0.2) is 19.9 Å². The van der Waals surface area contributed by atoms with Crippen molar-refractivity contribution >= 4 is 49.1 Å². The first-order valence-electron chi connectivity index (χ1n) is 17.8. The van der Waals surface area contributed by atoms with Crippen LogP contribution in [0.5, 0.6) is 0 Å². The van der Waals surface area contributed by atoms with E-state index in [0.29, 0.717) is 28.7 Å². The number of imidazole rings is 1. The Balaban J connectivity index is 1.10. The Kier molecular flexibility index (Phi) is 6.57. The second-order valence-corrected chi connectivity index (χ2v) is 13.4. The van der Waals surface area contributed by atoms with Crippen LogP contribution in [0.15, 0.2) is 173 Å². The smallest absolute Gasteiger partial charge is 0.264 e. The average molecular weight is 694 g/mol. The molecule has 252 valence electrons. The third kappa shape index (κ3) is 4.72. The largest absolute Gasteiger partial charge is 0.456 e. The lowest BCUT2D eigenvalue weighted by Crippen LogP contribution is -2.14. The molecule has 4 heterocycles. The zero-order valence-electron chi connectivity index (χ0n) is 28.6. The quantitative estimate of drug-likeness (QED) is 0.167. The topological polar surface area (TPSA) is 86.2 Å². The van der Waals surface area contributed by atoms with E-state index in [1.54, 1.807) is 4.40 Å². The Hall–Kier alpha value is -7.51. The molecule has 0 saturated carbocycles. The summed E-state index contributed by atoms with van der Waals surface area (Å²) in [6.07, 6.45) is 0. The summed E-state index contributed by atoms with van der Waals surface area (Å²) in [5, 5.41) is 4.48. The first-order chi connectivity index (χ1) is 26.7. The highest BCUT2D eigenvalue weighted by Gasteiger charge is 2.21. The molecule has 7 aromatic carbocycles. The predicted octanol–water partition coefficient (Wildman–Crippen LogP) is 10.9. The fourth-order valence-corrected chi connectivity index (χ4v) is 7.62. The molecule has 11 rings (SSSR count). The number of nitrogens with zero attached hydrogens (tertiary/aromatic N) is 5. The lowest BCUT2D eigenvalue weighted by Gasteiger charge is -2.09. The SMILES string of the molecule is O=c1c2ccccc2c2cc(-c3ccc4oc5ccc(-c6nc(-c7ccccc7)nc(-c7ccccc7)n6)cc5c4c3)cc3nc(-c4ccccc4)n1c32. The molecular formula is C47H27N5O2. The minimum atomic E-state index is -0.0701. The van der Waals surface area contributed by atoms with Crippen molar-refractivity contribution in [2.75, 3.05) is 0 Å². The highest BCUT2D eigenvalue weighted by molar-refractivity contribution is 6.14. The van der Waals surface area contributed by atoms with Gasteiger partial charge in [0.1, 0.15) is 17.0 Å². The highest BCUT2D eigenvalue weighted by Crippen LogP contribution is 2.38. The Morgan fingerprint density at radius 2 is 0.889 bits per heavy atom. The second-order valence-electron chi connectivity index (χ2n) is 13.4. The van der Waals surface area contributed by atoms with Crippen molar-refractivity contribution in [2.24, 2.45) is 0 Å². The number of hydrogen-bond acceptors (Lipinski definition) is 6. The number of rotatable bonds is 5. The Morgan fingerprint density at radius 3 is 1.52 bits per heavy atom. The molecule has 0 saturated heterocycles. The molecule has 0 atom stereocenters. The maximum Gasteiger partial charge on any atom is 0.264 e. The van der Waals surface area contributed by atoms with Gasteiger partial charge in [-0.3, -0.25) is 9.20 Å². The van der Waals surface area contributed by atoms with E-state index in [9.17, 15) is 4.79 Å². The lowest BCUT2D eigenvalue weighted by atomic mass is 9.98. The van der Waals surface area contributed by atoms with E-state index in [-0.39, 0.29) is 5.56 Å². The molecule has 0 N–H and O–H groups in total. The summed E-state index contributed by atoms with van der Waals surface area (Å²) in [6, 6.07) is 54.3. The van der Waals surface area contributed by atoms with Crippen molar-refractivity contribution in [2.45, 2.75) is 0 Å². The summed E-state index contributed by atoms with van der Waals surface area (Å²) in [4.78, 5) is 33.8. The summed E-state index contributed by atoms with van der Waals surface area (Å²) in [5.74, 6) is 2.44. The summed E-state index contributed by atoms with van der Waals surface area (Å²) in [7, 11) is 0. The monoisotopic (exact) mass is 693 g/mol. The minimum absolute atomic E-state index is 0.0701. The number of fused-ring (bicyclic) bond motifs is 5. The van der Waals surface area contributed by atoms with E-state index in [1.807, 2.05) is 133 Å². The molecule has 0 amide bonds. The molecule has 7 heteroatoms. The molecule has 0 aliphatic carbocycles. The summed E-state index contributed by atoms with van der Waals surface area (Å²) < 4.78 is 8.14. The van der Waals surface area contributed by atoms with Crippen LogP contribution < -0.4 is 5.56 Å². The van der Waals surface area contributed by atoms with Gasteiger partial charge in [-0.05, 0) is 65.0 Å². The van der Waals surface area contributed by atoms with Crippen molar-refractivity contribution in [3.63, 3.8) is 0 Å². The molecule has 0 bridgehead atoms. The molecule has 0 unspecified atom stereocenters.